The number of aromatic nitrogens is 6. The van der Waals surface area contributed by atoms with Gasteiger partial charge in [-0.05, 0) is 42.7 Å². The minimum atomic E-state index is -5.12. The van der Waals surface area contributed by atoms with Gasteiger partial charge in [-0.3, -0.25) is 18.9 Å². The molecule has 12 nitrogen and oxygen atoms in total. The lowest BCUT2D eigenvalue weighted by Crippen LogP contribution is -2.35. The Kier molecular flexibility index (Phi) is 8.91. The van der Waals surface area contributed by atoms with Crippen LogP contribution in [0.1, 0.15) is 51.6 Å². The molecule has 0 fully saturated rings. The van der Waals surface area contributed by atoms with Crippen LogP contribution in [-0.4, -0.2) is 50.1 Å². The summed E-state index contributed by atoms with van der Waals surface area (Å²) in [6.45, 7) is -1.10. The molecule has 2 aromatic carbocycles. The number of para-hydroxylation sites is 1. The number of hydrogen-bond donors (Lipinski definition) is 2. The van der Waals surface area contributed by atoms with E-state index >= 15 is 8.78 Å². The highest BCUT2D eigenvalue weighted by Gasteiger charge is 2.60. The summed E-state index contributed by atoms with van der Waals surface area (Å²) in [4.78, 5) is 22.9. The second-order valence-electron chi connectivity index (χ2n) is 13.7. The van der Waals surface area contributed by atoms with Crippen molar-refractivity contribution >= 4 is 54.3 Å². The predicted molar refractivity (Wildman–Crippen MR) is 192 cm³/mol. The lowest BCUT2D eigenvalue weighted by molar-refractivity contribution is -0.142. The molecule has 4 heterocycles. The Balaban J connectivity index is 1.28. The molecule has 0 aliphatic heterocycles. The number of allylic oxidation sites excluding steroid dienone is 2. The molecule has 1 unspecified atom stereocenters. The second kappa shape index (κ2) is 13.4. The Hall–Kier alpha value is -5.88. The lowest BCUT2D eigenvalue weighted by atomic mass is 9.94. The summed E-state index contributed by atoms with van der Waals surface area (Å²) >= 11 is 0.980. The molecule has 0 saturated heterocycles. The van der Waals surface area contributed by atoms with Crippen LogP contribution in [0.15, 0.2) is 54.6 Å². The number of pyridine rings is 1. The SMILES string of the molecule is Cn1nc(NS(C)(=O)=O)c2cccc(-c3cc4sc(C#N)nc4nc3C(Cc3cc(F)cc(F)c3)NC(=O)Cn3nc(C(F)(F)F)c4c3C(F)(F)[C@@H]3CC=C[C@H]43)c21. The van der Waals surface area contributed by atoms with E-state index in [9.17, 15) is 40.4 Å². The Morgan fingerprint density at radius 2 is 1.84 bits per heavy atom. The molecule has 1 amide bonds. The number of nitrogens with one attached hydrogen (secondary N) is 2. The summed E-state index contributed by atoms with van der Waals surface area (Å²) in [5.74, 6) is -9.56. The molecule has 2 aliphatic rings. The van der Waals surface area contributed by atoms with E-state index in [4.69, 9.17) is 0 Å². The van der Waals surface area contributed by atoms with E-state index in [0.717, 1.165) is 29.7 Å². The van der Waals surface area contributed by atoms with E-state index in [0.29, 0.717) is 31.9 Å². The fourth-order valence-electron chi connectivity index (χ4n) is 7.73. The molecule has 2 aliphatic carbocycles. The van der Waals surface area contributed by atoms with Gasteiger partial charge in [0, 0.05) is 47.0 Å². The molecular weight excluding hydrogens is 804 g/mol. The Bertz CT molecular complexity index is 2820. The van der Waals surface area contributed by atoms with Gasteiger partial charge >= 0.3 is 6.18 Å². The molecule has 0 saturated carbocycles. The first-order valence-electron chi connectivity index (χ1n) is 16.9. The van der Waals surface area contributed by atoms with Crippen molar-refractivity contribution in [3.63, 3.8) is 0 Å². The first-order chi connectivity index (χ1) is 26.8. The quantitative estimate of drug-likeness (QED) is 0.118. The number of hydrogen-bond acceptors (Lipinski definition) is 9. The highest BCUT2D eigenvalue weighted by Crippen LogP contribution is 2.59. The van der Waals surface area contributed by atoms with Crippen LogP contribution < -0.4 is 10.0 Å². The maximum atomic E-state index is 15.8. The van der Waals surface area contributed by atoms with E-state index in [1.165, 1.54) is 23.9 Å². The third kappa shape index (κ3) is 6.75. The van der Waals surface area contributed by atoms with Crippen LogP contribution in [0.4, 0.5) is 36.6 Å². The fraction of sp³-hybridized carbons (Fsp3) is 0.278. The van der Waals surface area contributed by atoms with E-state index < -0.39 is 81.0 Å². The summed E-state index contributed by atoms with van der Waals surface area (Å²) < 4.78 is 132. The standard InChI is InChI=1S/C36H26F7N9O3S2/c1-51-30-19(5-3-7-21(30)33(49-51)50-57(2,54)55)22-13-25-34(46-27(14-44)56-25)47-29(22)24(11-16-9-17(37)12-18(38)10-16)45-26(53)15-52-32-28(31(48-52)36(41,42)43)20-6-4-8-23(20)35(32,39)40/h3-7,9-10,12-13,20,23-24H,8,11,15H2,1-2H3,(H,45,53)(H,49,50)/t20-,23+,24?/m0/s1. The molecule has 0 spiro atoms. The van der Waals surface area contributed by atoms with Crippen molar-refractivity contribution in [3.05, 3.63) is 99.5 Å². The molecule has 0 radical (unpaired) electrons. The zero-order chi connectivity index (χ0) is 40.8. The van der Waals surface area contributed by atoms with Gasteiger partial charge in [0.15, 0.2) is 22.2 Å². The summed E-state index contributed by atoms with van der Waals surface area (Å²) in [7, 11) is -2.25. The summed E-state index contributed by atoms with van der Waals surface area (Å²) in [6.07, 6.45) is -2.09. The molecule has 294 valence electrons. The number of carbonyl (C=O) groups excluding carboxylic acids is 1. The van der Waals surface area contributed by atoms with Crippen LogP contribution in [0, 0.1) is 28.9 Å². The average molecular weight is 830 g/mol. The number of anilines is 1. The maximum Gasteiger partial charge on any atom is 0.435 e. The van der Waals surface area contributed by atoms with E-state index in [1.807, 2.05) is 6.07 Å². The van der Waals surface area contributed by atoms with Gasteiger partial charge in [-0.2, -0.15) is 37.4 Å². The molecule has 8 rings (SSSR count). The number of halogens is 7. The van der Waals surface area contributed by atoms with Crippen molar-refractivity contribution < 1.29 is 43.9 Å². The van der Waals surface area contributed by atoms with Gasteiger partial charge in [0.1, 0.15) is 29.9 Å². The number of aryl methyl sites for hydroxylation is 1. The number of rotatable bonds is 9. The van der Waals surface area contributed by atoms with Gasteiger partial charge in [0.2, 0.25) is 15.9 Å². The van der Waals surface area contributed by atoms with Crippen LogP contribution in [0.3, 0.4) is 0 Å². The Labute approximate surface area is 321 Å². The van der Waals surface area contributed by atoms with Gasteiger partial charge in [-0.25, -0.2) is 27.2 Å². The third-order valence-corrected chi connectivity index (χ3v) is 11.3. The minimum Gasteiger partial charge on any atom is -0.346 e. The van der Waals surface area contributed by atoms with E-state index in [-0.39, 0.29) is 46.1 Å². The fourth-order valence-corrected chi connectivity index (χ4v) is 8.98. The van der Waals surface area contributed by atoms with Crippen LogP contribution in [0.25, 0.3) is 32.4 Å². The number of fused-ring (bicyclic) bond motifs is 5. The van der Waals surface area contributed by atoms with Gasteiger partial charge < -0.3 is 5.32 Å². The van der Waals surface area contributed by atoms with Gasteiger partial charge in [0.25, 0.3) is 5.92 Å². The van der Waals surface area contributed by atoms with Crippen molar-refractivity contribution in [3.8, 4) is 17.2 Å². The van der Waals surface area contributed by atoms with Crippen LogP contribution in [0.2, 0.25) is 0 Å². The number of benzene rings is 2. The zero-order valence-corrected chi connectivity index (χ0v) is 31.0. The van der Waals surface area contributed by atoms with E-state index in [1.54, 1.807) is 24.3 Å². The number of thiazole rings is 1. The van der Waals surface area contributed by atoms with Crippen LogP contribution in [-0.2, 0) is 46.9 Å². The molecule has 2 N–H and O–H groups in total. The van der Waals surface area contributed by atoms with E-state index in [2.05, 4.69) is 30.2 Å². The van der Waals surface area contributed by atoms with Crippen molar-refractivity contribution in [1.82, 2.24) is 34.8 Å². The zero-order valence-electron chi connectivity index (χ0n) is 29.4. The number of nitrogens with zero attached hydrogens (tertiary/aromatic N) is 7. The second-order valence-corrected chi connectivity index (χ2v) is 16.5. The third-order valence-electron chi connectivity index (χ3n) is 9.80. The highest BCUT2D eigenvalue weighted by molar-refractivity contribution is 7.92. The van der Waals surface area contributed by atoms with Gasteiger partial charge in [-0.1, -0.05) is 24.3 Å². The molecule has 21 heteroatoms. The molecule has 4 aromatic heterocycles. The van der Waals surface area contributed by atoms with Crippen molar-refractivity contribution in [2.45, 2.75) is 43.4 Å². The number of alkyl halides is 5. The van der Waals surface area contributed by atoms with Crippen molar-refractivity contribution in [2.75, 3.05) is 11.0 Å². The van der Waals surface area contributed by atoms with Crippen LogP contribution >= 0.6 is 11.3 Å². The topological polar surface area (TPSA) is 160 Å². The molecular formula is C36H26F7N9O3S2. The molecule has 3 atom stereocenters. The number of nitriles is 1. The molecule has 57 heavy (non-hydrogen) atoms. The summed E-state index contributed by atoms with van der Waals surface area (Å²) in [6, 6.07) is 9.57. The first-order valence-corrected chi connectivity index (χ1v) is 19.7. The summed E-state index contributed by atoms with van der Waals surface area (Å²) in [5, 5.41) is 20.4. The number of carbonyl (C=O) groups is 1. The smallest absolute Gasteiger partial charge is 0.346 e. The Morgan fingerprint density at radius 1 is 1.11 bits per heavy atom. The Morgan fingerprint density at radius 3 is 2.53 bits per heavy atom. The molecule has 0 bridgehead atoms. The maximum absolute atomic E-state index is 15.8. The number of amides is 1. The predicted octanol–water partition coefficient (Wildman–Crippen LogP) is 6.85. The van der Waals surface area contributed by atoms with Crippen molar-refractivity contribution in [1.29, 1.82) is 5.26 Å². The minimum absolute atomic E-state index is 0.00510. The van der Waals surface area contributed by atoms with Crippen molar-refractivity contribution in [2.24, 2.45) is 13.0 Å². The lowest BCUT2D eigenvalue weighted by Gasteiger charge is -2.23. The van der Waals surface area contributed by atoms with Gasteiger partial charge in [0.05, 0.1) is 28.2 Å². The highest BCUT2D eigenvalue weighted by atomic mass is 32.2. The van der Waals surface area contributed by atoms with Crippen LogP contribution in [0.5, 0.6) is 0 Å². The largest absolute Gasteiger partial charge is 0.435 e. The normalized spacial score (nSPS) is 17.8. The average Bonchev–Trinajstić information content (AvgIpc) is 3.92. The number of sulfonamides is 1. The molecule has 6 aromatic rings. The van der Waals surface area contributed by atoms with Gasteiger partial charge in [-0.15, -0.1) is 11.3 Å². The summed E-state index contributed by atoms with van der Waals surface area (Å²) in [5.41, 5.74) is -2.24. The first kappa shape index (κ1) is 38.0. The monoisotopic (exact) mass is 829 g/mol.